The molecule has 0 atom stereocenters. The van der Waals surface area contributed by atoms with Crippen LogP contribution in [0.2, 0.25) is 0 Å². The first-order valence-electron chi connectivity index (χ1n) is 6.64. The number of anilines is 1. The highest BCUT2D eigenvalue weighted by molar-refractivity contribution is 5.90. The molecule has 2 rings (SSSR count). The SMILES string of the molecule is Cc1ccc(NC(=O)Cn2cc(CCCO)nn2)cc1F. The van der Waals surface area contributed by atoms with Gasteiger partial charge in [-0.05, 0) is 37.5 Å². The number of aliphatic hydroxyl groups is 1. The number of rotatable bonds is 6. The number of nitrogens with one attached hydrogen (secondary N) is 1. The molecule has 21 heavy (non-hydrogen) atoms. The van der Waals surface area contributed by atoms with Crippen LogP contribution in [-0.2, 0) is 17.8 Å². The lowest BCUT2D eigenvalue weighted by molar-refractivity contribution is -0.116. The highest BCUT2D eigenvalue weighted by atomic mass is 19.1. The molecule has 0 aliphatic heterocycles. The minimum atomic E-state index is -0.361. The van der Waals surface area contributed by atoms with Crippen LogP contribution < -0.4 is 5.32 Å². The summed E-state index contributed by atoms with van der Waals surface area (Å²) in [6.07, 6.45) is 2.87. The topological polar surface area (TPSA) is 80.0 Å². The summed E-state index contributed by atoms with van der Waals surface area (Å²) < 4.78 is 14.8. The number of hydrogen-bond donors (Lipinski definition) is 2. The Morgan fingerprint density at radius 2 is 2.29 bits per heavy atom. The predicted octanol–water partition coefficient (Wildman–Crippen LogP) is 1.29. The summed E-state index contributed by atoms with van der Waals surface area (Å²) in [6.45, 7) is 1.75. The summed E-state index contributed by atoms with van der Waals surface area (Å²) >= 11 is 0. The maximum Gasteiger partial charge on any atom is 0.246 e. The van der Waals surface area contributed by atoms with Crippen molar-refractivity contribution >= 4 is 11.6 Å². The fraction of sp³-hybridized carbons (Fsp3) is 0.357. The maximum absolute atomic E-state index is 13.4. The molecule has 6 nitrogen and oxygen atoms in total. The Morgan fingerprint density at radius 3 is 3.00 bits per heavy atom. The van der Waals surface area contributed by atoms with Crippen molar-refractivity contribution in [2.45, 2.75) is 26.3 Å². The lowest BCUT2D eigenvalue weighted by Gasteiger charge is -2.06. The van der Waals surface area contributed by atoms with E-state index in [0.29, 0.717) is 24.1 Å². The Hall–Kier alpha value is -2.28. The van der Waals surface area contributed by atoms with Crippen LogP contribution in [0.15, 0.2) is 24.4 Å². The molecule has 0 radical (unpaired) electrons. The van der Waals surface area contributed by atoms with Gasteiger partial charge in [0.15, 0.2) is 0 Å². The molecule has 1 amide bonds. The summed E-state index contributed by atoms with van der Waals surface area (Å²) in [5.41, 5.74) is 1.65. The number of aliphatic hydroxyl groups excluding tert-OH is 1. The molecule has 7 heteroatoms. The van der Waals surface area contributed by atoms with Gasteiger partial charge in [0, 0.05) is 18.5 Å². The van der Waals surface area contributed by atoms with Crippen molar-refractivity contribution in [2.75, 3.05) is 11.9 Å². The lowest BCUT2D eigenvalue weighted by Crippen LogP contribution is -2.19. The summed E-state index contributed by atoms with van der Waals surface area (Å²) in [7, 11) is 0. The van der Waals surface area contributed by atoms with E-state index in [4.69, 9.17) is 5.11 Å². The molecule has 1 heterocycles. The number of amides is 1. The fourth-order valence-corrected chi connectivity index (χ4v) is 1.81. The van der Waals surface area contributed by atoms with Gasteiger partial charge < -0.3 is 10.4 Å². The predicted molar refractivity (Wildman–Crippen MR) is 75.2 cm³/mol. The van der Waals surface area contributed by atoms with Gasteiger partial charge in [0.25, 0.3) is 0 Å². The first kappa shape index (κ1) is 15.1. The smallest absolute Gasteiger partial charge is 0.246 e. The van der Waals surface area contributed by atoms with Gasteiger partial charge in [-0.15, -0.1) is 5.10 Å². The van der Waals surface area contributed by atoms with Gasteiger partial charge in [0.2, 0.25) is 5.91 Å². The first-order valence-corrected chi connectivity index (χ1v) is 6.64. The van der Waals surface area contributed by atoms with Crippen LogP contribution in [0, 0.1) is 12.7 Å². The number of hydrogen-bond acceptors (Lipinski definition) is 4. The Labute approximate surface area is 121 Å². The van der Waals surface area contributed by atoms with Gasteiger partial charge in [-0.1, -0.05) is 11.3 Å². The van der Waals surface area contributed by atoms with Gasteiger partial charge in [-0.25, -0.2) is 9.07 Å². The highest BCUT2D eigenvalue weighted by Crippen LogP contribution is 2.13. The Kier molecular flexibility index (Phi) is 4.99. The number of nitrogens with zero attached hydrogens (tertiary/aromatic N) is 3. The second kappa shape index (κ2) is 6.94. The van der Waals surface area contributed by atoms with Gasteiger partial charge in [0.05, 0.1) is 5.69 Å². The van der Waals surface area contributed by atoms with Crippen molar-refractivity contribution in [3.63, 3.8) is 0 Å². The summed E-state index contributed by atoms with van der Waals surface area (Å²) in [5, 5.41) is 19.1. The molecule has 2 aromatic rings. The van der Waals surface area contributed by atoms with Crippen LogP contribution in [0.25, 0.3) is 0 Å². The summed E-state index contributed by atoms with van der Waals surface area (Å²) in [4.78, 5) is 11.8. The van der Waals surface area contributed by atoms with Crippen molar-refractivity contribution in [1.29, 1.82) is 0 Å². The molecule has 0 aliphatic rings. The summed E-state index contributed by atoms with van der Waals surface area (Å²) in [6, 6.07) is 4.53. The normalized spacial score (nSPS) is 10.6. The Morgan fingerprint density at radius 1 is 1.48 bits per heavy atom. The van der Waals surface area contributed by atoms with Crippen molar-refractivity contribution in [1.82, 2.24) is 15.0 Å². The average molecular weight is 292 g/mol. The van der Waals surface area contributed by atoms with Crippen LogP contribution in [0.4, 0.5) is 10.1 Å². The number of benzene rings is 1. The number of aryl methyl sites for hydroxylation is 2. The monoisotopic (exact) mass is 292 g/mol. The molecule has 1 aromatic heterocycles. The second-order valence-corrected chi connectivity index (χ2v) is 4.75. The van der Waals surface area contributed by atoms with E-state index in [9.17, 15) is 9.18 Å². The van der Waals surface area contributed by atoms with Gasteiger partial charge >= 0.3 is 0 Å². The number of aromatic nitrogens is 3. The average Bonchev–Trinajstić information content (AvgIpc) is 2.88. The zero-order chi connectivity index (χ0) is 15.2. The van der Waals surface area contributed by atoms with E-state index in [0.717, 1.165) is 5.69 Å². The zero-order valence-electron chi connectivity index (χ0n) is 11.7. The van der Waals surface area contributed by atoms with Crippen molar-refractivity contribution < 1.29 is 14.3 Å². The van der Waals surface area contributed by atoms with E-state index >= 15 is 0 Å². The van der Waals surface area contributed by atoms with Crippen molar-refractivity contribution in [2.24, 2.45) is 0 Å². The quantitative estimate of drug-likeness (QED) is 0.840. The standard InChI is InChI=1S/C14H17FN4O2/c1-10-4-5-11(7-13(10)15)16-14(21)9-19-8-12(17-18-19)3-2-6-20/h4-5,7-8,20H,2-3,6,9H2,1H3,(H,16,21). The molecule has 1 aromatic carbocycles. The Balaban J connectivity index is 1.91. The third kappa shape index (κ3) is 4.35. The van der Waals surface area contributed by atoms with Crippen LogP contribution >= 0.6 is 0 Å². The van der Waals surface area contributed by atoms with E-state index in [2.05, 4.69) is 15.6 Å². The molecule has 0 bridgehead atoms. The van der Waals surface area contributed by atoms with Crippen LogP contribution in [0.5, 0.6) is 0 Å². The van der Waals surface area contributed by atoms with E-state index < -0.39 is 0 Å². The molecule has 0 unspecified atom stereocenters. The van der Waals surface area contributed by atoms with E-state index in [1.165, 1.54) is 10.7 Å². The molecule has 112 valence electrons. The molecular formula is C14H17FN4O2. The minimum absolute atomic E-state index is 0.00161. The van der Waals surface area contributed by atoms with Crippen molar-refractivity contribution in [3.05, 3.63) is 41.5 Å². The highest BCUT2D eigenvalue weighted by Gasteiger charge is 2.07. The largest absolute Gasteiger partial charge is 0.396 e. The lowest BCUT2D eigenvalue weighted by atomic mass is 10.2. The third-order valence-corrected chi connectivity index (χ3v) is 2.94. The molecule has 0 aliphatic carbocycles. The summed E-state index contributed by atoms with van der Waals surface area (Å²) in [5.74, 6) is -0.670. The molecule has 0 saturated carbocycles. The van der Waals surface area contributed by atoms with Gasteiger partial charge in [-0.2, -0.15) is 0 Å². The maximum atomic E-state index is 13.4. The third-order valence-electron chi connectivity index (χ3n) is 2.94. The van der Waals surface area contributed by atoms with Crippen LogP contribution in [-0.4, -0.2) is 32.6 Å². The minimum Gasteiger partial charge on any atom is -0.396 e. The van der Waals surface area contributed by atoms with E-state index in [-0.39, 0.29) is 24.9 Å². The van der Waals surface area contributed by atoms with E-state index in [1.54, 1.807) is 25.3 Å². The fourth-order valence-electron chi connectivity index (χ4n) is 1.81. The van der Waals surface area contributed by atoms with Gasteiger partial charge in [0.1, 0.15) is 12.4 Å². The van der Waals surface area contributed by atoms with Crippen LogP contribution in [0.1, 0.15) is 17.7 Å². The van der Waals surface area contributed by atoms with Gasteiger partial charge in [-0.3, -0.25) is 4.79 Å². The molecule has 0 spiro atoms. The number of halogens is 1. The molecular weight excluding hydrogens is 275 g/mol. The zero-order valence-corrected chi connectivity index (χ0v) is 11.7. The number of carbonyl (C=O) groups is 1. The van der Waals surface area contributed by atoms with Crippen LogP contribution in [0.3, 0.4) is 0 Å². The Bertz CT molecular complexity index is 627. The van der Waals surface area contributed by atoms with E-state index in [1.807, 2.05) is 0 Å². The first-order chi connectivity index (χ1) is 10.1. The van der Waals surface area contributed by atoms with Crippen molar-refractivity contribution in [3.8, 4) is 0 Å². The molecule has 0 saturated heterocycles. The molecule has 0 fully saturated rings. The number of carbonyl (C=O) groups excluding carboxylic acids is 1. The second-order valence-electron chi connectivity index (χ2n) is 4.75. The molecule has 2 N–H and O–H groups in total.